The first-order chi connectivity index (χ1) is 17.1. The van der Waals surface area contributed by atoms with Crippen molar-refractivity contribution in [2.45, 2.75) is 37.0 Å². The van der Waals surface area contributed by atoms with Gasteiger partial charge in [0.25, 0.3) is 11.5 Å². The third kappa shape index (κ3) is 4.52. The van der Waals surface area contributed by atoms with Crippen LogP contribution in [-0.4, -0.2) is 57.4 Å². The van der Waals surface area contributed by atoms with Gasteiger partial charge in [0.1, 0.15) is 11.6 Å². The van der Waals surface area contributed by atoms with E-state index in [0.29, 0.717) is 19.4 Å². The lowest BCUT2D eigenvalue weighted by Gasteiger charge is -2.51. The predicted molar refractivity (Wildman–Crippen MR) is 130 cm³/mol. The Bertz CT molecular complexity index is 1100. The summed E-state index contributed by atoms with van der Waals surface area (Å²) in [5.41, 5.74) is -3.46. The lowest BCUT2D eigenvalue weighted by Crippen LogP contribution is -2.60. The summed E-state index contributed by atoms with van der Waals surface area (Å²) in [5, 5.41) is 3.43. The monoisotopic (exact) mass is 572 g/mol. The minimum Gasteiger partial charge on any atom is -0.496 e. The van der Waals surface area contributed by atoms with Crippen LogP contribution in [0.25, 0.3) is 0 Å². The maximum absolute atomic E-state index is 14.7. The maximum atomic E-state index is 14.7. The number of piperidine rings is 2. The molecule has 2 atom stereocenters. The number of alkyl halides is 3. The average molecular weight is 573 g/mol. The molecule has 1 spiro atoms. The van der Waals surface area contributed by atoms with Crippen LogP contribution in [0.1, 0.15) is 36.3 Å². The summed E-state index contributed by atoms with van der Waals surface area (Å²) in [6, 6.07) is 10.9. The molecule has 4 rings (SSSR count). The SMILES string of the molecule is COc1ccccc1C1CNCCC12CCN(C(=O)C(OC)(c1cc(Br)ccc1F)C(F)(F)F)CC2. The minimum absolute atomic E-state index is 0.0805. The molecule has 0 aliphatic carbocycles. The zero-order chi connectivity index (χ0) is 26.1. The lowest BCUT2D eigenvalue weighted by atomic mass is 9.62. The highest BCUT2D eigenvalue weighted by Crippen LogP contribution is 2.52. The van der Waals surface area contributed by atoms with Gasteiger partial charge in [0.15, 0.2) is 0 Å². The first kappa shape index (κ1) is 26.9. The van der Waals surface area contributed by atoms with Crippen LogP contribution >= 0.6 is 15.9 Å². The van der Waals surface area contributed by atoms with E-state index < -0.39 is 29.1 Å². The standard InChI is InChI=1S/C26H29BrF4N2O3/c1-35-22-6-4-3-5-18(22)20-16-32-12-9-24(20)10-13-33(14-11-24)23(34)25(36-2,26(29,30)31)19-15-17(27)7-8-21(19)28/h3-8,15,20,32H,9-14,16H2,1-2H3. The van der Waals surface area contributed by atoms with Crippen molar-refractivity contribution in [3.63, 3.8) is 0 Å². The zero-order valence-corrected chi connectivity index (χ0v) is 21.7. The maximum Gasteiger partial charge on any atom is 0.431 e. The molecule has 1 N–H and O–H groups in total. The molecule has 2 fully saturated rings. The molecule has 2 saturated heterocycles. The van der Waals surface area contributed by atoms with Gasteiger partial charge in [-0.3, -0.25) is 4.79 Å². The number of para-hydroxylation sites is 1. The molecule has 36 heavy (non-hydrogen) atoms. The smallest absolute Gasteiger partial charge is 0.431 e. The summed E-state index contributed by atoms with van der Waals surface area (Å²) >= 11 is 3.09. The van der Waals surface area contributed by atoms with Gasteiger partial charge in [-0.05, 0) is 61.1 Å². The first-order valence-corrected chi connectivity index (χ1v) is 12.6. The van der Waals surface area contributed by atoms with Gasteiger partial charge in [0, 0.05) is 42.7 Å². The summed E-state index contributed by atoms with van der Waals surface area (Å²) in [5.74, 6) is -1.61. The Hall–Kier alpha value is -2.17. The Balaban J connectivity index is 1.65. The molecule has 1 amide bonds. The molecule has 2 aromatic rings. The van der Waals surface area contributed by atoms with Gasteiger partial charge in [-0.2, -0.15) is 13.2 Å². The van der Waals surface area contributed by atoms with E-state index >= 15 is 0 Å². The van der Waals surface area contributed by atoms with Crippen LogP contribution in [0.3, 0.4) is 0 Å². The predicted octanol–water partition coefficient (Wildman–Crippen LogP) is 5.39. The first-order valence-electron chi connectivity index (χ1n) is 11.8. The van der Waals surface area contributed by atoms with E-state index in [0.717, 1.165) is 43.5 Å². The number of hydrogen-bond acceptors (Lipinski definition) is 4. The Kier molecular flexibility index (Phi) is 7.69. The molecule has 0 aromatic heterocycles. The fourth-order valence-electron chi connectivity index (χ4n) is 5.81. The Labute approximate surface area is 216 Å². The molecule has 0 bridgehead atoms. The van der Waals surface area contributed by atoms with Crippen LogP contribution < -0.4 is 10.1 Å². The largest absolute Gasteiger partial charge is 0.496 e. The molecule has 2 aliphatic heterocycles. The molecule has 2 unspecified atom stereocenters. The number of carbonyl (C=O) groups excluding carboxylic acids is 1. The number of carbonyl (C=O) groups is 1. The van der Waals surface area contributed by atoms with Crippen LogP contribution in [0.15, 0.2) is 46.9 Å². The van der Waals surface area contributed by atoms with Crippen molar-refractivity contribution in [2.24, 2.45) is 5.41 Å². The number of nitrogens with one attached hydrogen (secondary N) is 1. The molecular weight excluding hydrogens is 544 g/mol. The summed E-state index contributed by atoms with van der Waals surface area (Å²) in [4.78, 5) is 14.7. The van der Waals surface area contributed by atoms with Crippen molar-refractivity contribution in [1.29, 1.82) is 0 Å². The minimum atomic E-state index is -5.18. The van der Waals surface area contributed by atoms with Crippen molar-refractivity contribution < 1.29 is 31.8 Å². The van der Waals surface area contributed by atoms with E-state index in [4.69, 9.17) is 9.47 Å². The Morgan fingerprint density at radius 1 is 1.11 bits per heavy atom. The second kappa shape index (κ2) is 10.3. The van der Waals surface area contributed by atoms with Crippen LogP contribution in [0.2, 0.25) is 0 Å². The van der Waals surface area contributed by atoms with Gasteiger partial charge in [-0.1, -0.05) is 34.1 Å². The molecule has 10 heteroatoms. The summed E-state index contributed by atoms with van der Waals surface area (Å²) < 4.78 is 69.0. The molecule has 0 saturated carbocycles. The van der Waals surface area contributed by atoms with Gasteiger partial charge in [0.2, 0.25) is 0 Å². The zero-order valence-electron chi connectivity index (χ0n) is 20.1. The fraction of sp³-hybridized carbons (Fsp3) is 0.500. The lowest BCUT2D eigenvalue weighted by molar-refractivity contribution is -0.271. The number of methoxy groups -OCH3 is 2. The van der Waals surface area contributed by atoms with Gasteiger partial charge >= 0.3 is 6.18 Å². The van der Waals surface area contributed by atoms with Crippen molar-refractivity contribution in [2.75, 3.05) is 40.4 Å². The number of halogens is 5. The third-order valence-electron chi connectivity index (χ3n) is 7.76. The van der Waals surface area contributed by atoms with E-state index in [-0.39, 0.29) is 28.9 Å². The number of amides is 1. The number of hydrogen-bond donors (Lipinski definition) is 1. The second-order valence-corrected chi connectivity index (χ2v) is 10.3. The average Bonchev–Trinajstić information content (AvgIpc) is 2.86. The fourth-order valence-corrected chi connectivity index (χ4v) is 6.18. The van der Waals surface area contributed by atoms with E-state index in [9.17, 15) is 22.4 Å². The van der Waals surface area contributed by atoms with Gasteiger partial charge in [0.05, 0.1) is 7.11 Å². The normalized spacial score (nSPS) is 21.8. The summed E-state index contributed by atoms with van der Waals surface area (Å²) in [7, 11) is 2.41. The van der Waals surface area contributed by atoms with Crippen LogP contribution in [-0.2, 0) is 15.1 Å². The molecule has 196 valence electrons. The summed E-state index contributed by atoms with van der Waals surface area (Å²) in [6.45, 7) is 1.72. The van der Waals surface area contributed by atoms with Gasteiger partial charge in [-0.25, -0.2) is 4.39 Å². The van der Waals surface area contributed by atoms with Crippen LogP contribution in [0.5, 0.6) is 5.75 Å². The number of nitrogens with zero attached hydrogens (tertiary/aromatic N) is 1. The summed E-state index contributed by atoms with van der Waals surface area (Å²) in [6.07, 6.45) is -3.32. The molecule has 0 radical (unpaired) electrons. The van der Waals surface area contributed by atoms with E-state index in [1.807, 2.05) is 24.3 Å². The number of likely N-dealkylation sites (tertiary alicyclic amines) is 1. The quantitative estimate of drug-likeness (QED) is 0.488. The molecule has 5 nitrogen and oxygen atoms in total. The topological polar surface area (TPSA) is 50.8 Å². The molecule has 2 heterocycles. The van der Waals surface area contributed by atoms with Crippen molar-refractivity contribution >= 4 is 21.8 Å². The van der Waals surface area contributed by atoms with Crippen molar-refractivity contribution in [1.82, 2.24) is 10.2 Å². The molecule has 2 aliphatic rings. The Morgan fingerprint density at radius 2 is 1.81 bits per heavy atom. The second-order valence-electron chi connectivity index (χ2n) is 9.41. The highest BCUT2D eigenvalue weighted by molar-refractivity contribution is 9.10. The number of ether oxygens (including phenoxy) is 2. The number of benzene rings is 2. The van der Waals surface area contributed by atoms with E-state index in [1.165, 1.54) is 11.0 Å². The third-order valence-corrected chi connectivity index (χ3v) is 8.26. The van der Waals surface area contributed by atoms with Gasteiger partial charge in [-0.15, -0.1) is 0 Å². The number of rotatable bonds is 5. The van der Waals surface area contributed by atoms with Crippen molar-refractivity contribution in [3.8, 4) is 5.75 Å². The van der Waals surface area contributed by atoms with Crippen molar-refractivity contribution in [3.05, 3.63) is 63.9 Å². The molecule has 2 aromatic carbocycles. The van der Waals surface area contributed by atoms with Crippen LogP contribution in [0.4, 0.5) is 17.6 Å². The highest BCUT2D eigenvalue weighted by atomic mass is 79.9. The van der Waals surface area contributed by atoms with Crippen LogP contribution in [0, 0.1) is 11.2 Å². The van der Waals surface area contributed by atoms with E-state index in [2.05, 4.69) is 21.2 Å². The van der Waals surface area contributed by atoms with Gasteiger partial charge < -0.3 is 19.7 Å². The van der Waals surface area contributed by atoms with E-state index in [1.54, 1.807) is 7.11 Å². The molecular formula is C26H29BrF4N2O3. The highest BCUT2D eigenvalue weighted by Gasteiger charge is 2.65. The Morgan fingerprint density at radius 3 is 2.44 bits per heavy atom.